The summed E-state index contributed by atoms with van der Waals surface area (Å²) in [4.78, 5) is 3.54. The first-order chi connectivity index (χ1) is 21.7. The van der Waals surface area contributed by atoms with E-state index in [2.05, 4.69) is 20.8 Å². The van der Waals surface area contributed by atoms with Gasteiger partial charge < -0.3 is 30.2 Å². The van der Waals surface area contributed by atoms with Gasteiger partial charge in [-0.1, -0.05) is 30.3 Å². The molecular weight excluding hydrogens is 643 g/mol. The van der Waals surface area contributed by atoms with E-state index >= 15 is 0 Å². The Morgan fingerprint density at radius 3 is 1.89 bits per heavy atom. The van der Waals surface area contributed by atoms with Crippen molar-refractivity contribution in [3.8, 4) is 28.7 Å². The maximum atomic E-state index is 8.60. The Hall–Kier alpha value is -4.48. The lowest BCUT2D eigenvalue weighted by Gasteiger charge is -2.32. The second-order valence-electron chi connectivity index (χ2n) is 11.7. The first-order valence-electron chi connectivity index (χ1n) is 14.5. The van der Waals surface area contributed by atoms with Gasteiger partial charge in [0.2, 0.25) is 0 Å². The molecule has 0 unspecified atom stereocenters. The van der Waals surface area contributed by atoms with Crippen LogP contribution in [0.4, 0.5) is 17.1 Å². The average Bonchev–Trinajstić information content (AvgIpc) is 3.23. The van der Waals surface area contributed by atoms with Gasteiger partial charge in [0.25, 0.3) is 0 Å². The number of rotatable bonds is 4. The molecule has 1 aliphatic rings. The Balaban J connectivity index is 0.000000194. The molecule has 4 aromatic carbocycles. The minimum Gasteiger partial charge on any atom is -0.497 e. The van der Waals surface area contributed by atoms with Crippen LogP contribution in [0.3, 0.4) is 0 Å². The van der Waals surface area contributed by atoms with E-state index in [4.69, 9.17) is 42.1 Å². The van der Waals surface area contributed by atoms with Gasteiger partial charge in [-0.3, -0.25) is 0 Å². The summed E-state index contributed by atoms with van der Waals surface area (Å²) in [6, 6.07) is 24.3. The predicted molar refractivity (Wildman–Crippen MR) is 191 cm³/mol. The van der Waals surface area contributed by atoms with E-state index in [1.807, 2.05) is 90.1 Å². The number of halogens is 1. The predicted octanol–water partition coefficient (Wildman–Crippen LogP) is 8.01. The molecule has 0 atom stereocenters. The van der Waals surface area contributed by atoms with Crippen molar-refractivity contribution in [2.24, 2.45) is 0 Å². The van der Waals surface area contributed by atoms with Gasteiger partial charge in [0.05, 0.1) is 37.6 Å². The molecule has 0 saturated carbocycles. The largest absolute Gasteiger partial charge is 0.497 e. The van der Waals surface area contributed by atoms with E-state index in [9.17, 15) is 0 Å². The van der Waals surface area contributed by atoms with Gasteiger partial charge in [0.1, 0.15) is 17.6 Å². The second kappa shape index (κ2) is 15.2. The number of hydrogen-bond acceptors (Lipinski definition) is 7. The lowest BCUT2D eigenvalue weighted by atomic mass is 9.75. The van der Waals surface area contributed by atoms with Gasteiger partial charge in [0.15, 0.2) is 5.69 Å². The van der Waals surface area contributed by atoms with Crippen LogP contribution < -0.4 is 26.4 Å². The first-order valence-corrected chi connectivity index (χ1v) is 15.3. The molecule has 4 N–H and O–H groups in total. The minimum atomic E-state index is -0.374. The summed E-state index contributed by atoms with van der Waals surface area (Å²) in [6.45, 7) is 19.4. The Bertz CT molecular complexity index is 1720. The van der Waals surface area contributed by atoms with Crippen molar-refractivity contribution < 1.29 is 18.8 Å². The van der Waals surface area contributed by atoms with Crippen LogP contribution in [-0.4, -0.2) is 32.5 Å². The normalized spacial score (nSPS) is 14.0. The summed E-state index contributed by atoms with van der Waals surface area (Å²) >= 11 is 3.24. The van der Waals surface area contributed by atoms with Gasteiger partial charge in [0, 0.05) is 21.3 Å². The summed E-state index contributed by atoms with van der Waals surface area (Å²) in [5.74, 6) is 1.42. The number of nitrogens with zero attached hydrogens (tertiary/aromatic N) is 2. The number of methoxy groups -OCH3 is 2. The standard InChI is InChI=1S/C15H14N2O.C13H20BNO2.C8H6BrNO/c1-10-5-4-6-13(16)15(10)12-9-11(18-3)7-8-14(12)17-2;1-9-7-6-8-10(15)11(9)14-16-12(2,3)13(4,5)17-14;1-11-7-2-3-8(9)6(4-7)5-10/h4-9H,16H2,1,3H3;6-8H,15H2,1-5H3;2-4H,1H3. The summed E-state index contributed by atoms with van der Waals surface area (Å²) in [7, 11) is 2.81. The molecular formula is C36H40BBrN4O4. The third kappa shape index (κ3) is 8.21. The van der Waals surface area contributed by atoms with E-state index < -0.39 is 0 Å². The summed E-state index contributed by atoms with van der Waals surface area (Å²) < 4.78 is 23.0. The summed E-state index contributed by atoms with van der Waals surface area (Å²) in [6.07, 6.45) is 0. The van der Waals surface area contributed by atoms with Crippen molar-refractivity contribution in [3.05, 3.63) is 105 Å². The second-order valence-corrected chi connectivity index (χ2v) is 12.5. The molecule has 0 aliphatic carbocycles. The Labute approximate surface area is 281 Å². The Kier molecular flexibility index (Phi) is 11.9. The fraction of sp³-hybridized carbons (Fsp3) is 0.278. The monoisotopic (exact) mass is 682 g/mol. The number of hydrogen-bond donors (Lipinski definition) is 2. The van der Waals surface area contributed by atoms with Crippen molar-refractivity contribution in [1.29, 1.82) is 5.26 Å². The Morgan fingerprint density at radius 1 is 0.826 bits per heavy atom. The van der Waals surface area contributed by atoms with E-state index in [0.717, 1.165) is 43.6 Å². The fourth-order valence-corrected chi connectivity index (χ4v) is 5.04. The van der Waals surface area contributed by atoms with Crippen LogP contribution in [-0.2, 0) is 9.31 Å². The maximum absolute atomic E-state index is 8.60. The number of benzene rings is 4. The molecule has 5 rings (SSSR count). The van der Waals surface area contributed by atoms with Crippen LogP contribution in [0.25, 0.3) is 16.0 Å². The van der Waals surface area contributed by atoms with Gasteiger partial charge in [-0.25, -0.2) is 4.85 Å². The molecule has 1 aliphatic heterocycles. The average molecular weight is 683 g/mol. The molecule has 1 saturated heterocycles. The SMILES string of the molecule is COc1ccc(Br)c(C#N)c1.Cc1cccc(N)c1B1OC(C)(C)C(C)(C)O1.[C-]#[N+]c1ccc(OC)cc1-c1c(C)cccc1N. The zero-order valence-corrected chi connectivity index (χ0v) is 29.2. The van der Waals surface area contributed by atoms with Crippen LogP contribution in [0.15, 0.2) is 77.3 Å². The van der Waals surface area contributed by atoms with Crippen LogP contribution in [0, 0.1) is 31.8 Å². The molecule has 8 nitrogen and oxygen atoms in total. The lowest BCUT2D eigenvalue weighted by molar-refractivity contribution is 0.00578. The number of nitriles is 1. The van der Waals surface area contributed by atoms with Crippen molar-refractivity contribution in [2.75, 3.05) is 25.7 Å². The molecule has 0 aromatic heterocycles. The number of ether oxygens (including phenoxy) is 2. The van der Waals surface area contributed by atoms with E-state index in [-0.39, 0.29) is 18.3 Å². The van der Waals surface area contributed by atoms with Crippen molar-refractivity contribution in [3.63, 3.8) is 0 Å². The molecule has 0 spiro atoms. The van der Waals surface area contributed by atoms with Gasteiger partial charge in [-0.05, 0) is 122 Å². The van der Waals surface area contributed by atoms with Crippen molar-refractivity contribution in [1.82, 2.24) is 0 Å². The molecule has 0 amide bonds. The maximum Gasteiger partial charge on any atom is 0.497 e. The molecule has 46 heavy (non-hydrogen) atoms. The molecule has 0 bridgehead atoms. The lowest BCUT2D eigenvalue weighted by Crippen LogP contribution is -2.41. The van der Waals surface area contributed by atoms with Crippen LogP contribution in [0.1, 0.15) is 44.4 Å². The smallest absolute Gasteiger partial charge is 0.497 e. The quantitative estimate of drug-likeness (QED) is 0.127. The third-order valence-corrected chi connectivity index (χ3v) is 8.73. The molecule has 238 valence electrons. The van der Waals surface area contributed by atoms with Crippen molar-refractivity contribution in [2.45, 2.75) is 52.7 Å². The van der Waals surface area contributed by atoms with Crippen LogP contribution >= 0.6 is 15.9 Å². The van der Waals surface area contributed by atoms with E-state index in [1.165, 1.54) is 0 Å². The topological polar surface area (TPSA) is 117 Å². The number of nitrogens with two attached hydrogens (primary N) is 2. The van der Waals surface area contributed by atoms with Crippen LogP contribution in [0.5, 0.6) is 11.5 Å². The number of aryl methyl sites for hydroxylation is 2. The highest BCUT2D eigenvalue weighted by molar-refractivity contribution is 9.10. The number of nitrogen functional groups attached to an aromatic ring is 2. The van der Waals surface area contributed by atoms with Gasteiger partial charge in [-0.15, -0.1) is 0 Å². The van der Waals surface area contributed by atoms with Gasteiger partial charge in [-0.2, -0.15) is 5.26 Å². The first kappa shape index (κ1) is 36.0. The molecule has 4 aromatic rings. The van der Waals surface area contributed by atoms with Gasteiger partial charge >= 0.3 is 7.12 Å². The molecule has 10 heteroatoms. The highest BCUT2D eigenvalue weighted by Gasteiger charge is 2.52. The van der Waals surface area contributed by atoms with E-state index in [1.54, 1.807) is 44.6 Å². The summed E-state index contributed by atoms with van der Waals surface area (Å²) in [5.41, 5.74) is 18.8. The third-order valence-electron chi connectivity index (χ3n) is 8.04. The summed E-state index contributed by atoms with van der Waals surface area (Å²) in [5, 5.41) is 8.60. The Morgan fingerprint density at radius 2 is 1.37 bits per heavy atom. The number of anilines is 2. The van der Waals surface area contributed by atoms with Crippen molar-refractivity contribution >= 4 is 45.6 Å². The molecule has 0 radical (unpaired) electrons. The highest BCUT2D eigenvalue weighted by Crippen LogP contribution is 2.39. The zero-order valence-electron chi connectivity index (χ0n) is 27.6. The zero-order chi connectivity index (χ0) is 34.2. The fourth-order valence-electron chi connectivity index (χ4n) is 4.70. The molecule has 1 fully saturated rings. The minimum absolute atomic E-state index is 0.327. The van der Waals surface area contributed by atoms with Crippen LogP contribution in [0.2, 0.25) is 0 Å². The highest BCUT2D eigenvalue weighted by atomic mass is 79.9. The van der Waals surface area contributed by atoms with E-state index in [0.29, 0.717) is 22.7 Å². The molecule has 1 heterocycles.